The highest BCUT2D eigenvalue weighted by molar-refractivity contribution is 5.85. The molecule has 1 aliphatic heterocycles. The van der Waals surface area contributed by atoms with Gasteiger partial charge in [-0.25, -0.2) is 5.06 Å². The van der Waals surface area contributed by atoms with Gasteiger partial charge in [-0.1, -0.05) is 12.8 Å². The first-order chi connectivity index (χ1) is 9.59. The molecule has 0 unspecified atom stereocenters. The highest BCUT2D eigenvalue weighted by atomic mass is 35.5. The van der Waals surface area contributed by atoms with Gasteiger partial charge in [0.2, 0.25) is 5.91 Å². The molecular weight excluding hydrogens is 296 g/mol. The van der Waals surface area contributed by atoms with Crippen LogP contribution >= 0.6 is 12.4 Å². The zero-order valence-corrected chi connectivity index (χ0v) is 13.3. The predicted octanol–water partition coefficient (Wildman–Crippen LogP) is 2.15. The van der Waals surface area contributed by atoms with E-state index in [0.29, 0.717) is 5.06 Å². The van der Waals surface area contributed by atoms with Crippen molar-refractivity contribution in [2.75, 3.05) is 26.2 Å². The first-order valence-electron chi connectivity index (χ1n) is 7.53. The molecule has 0 aromatic carbocycles. The van der Waals surface area contributed by atoms with Crippen LogP contribution in [0, 0.1) is 0 Å². The highest BCUT2D eigenvalue weighted by Gasteiger charge is 2.12. The number of likely N-dealkylation sites (tertiary alicyclic amines) is 1. The Hall–Kier alpha value is -0.850. The Morgan fingerprint density at radius 1 is 1.00 bits per heavy atom. The number of amides is 1. The molecule has 6 nitrogen and oxygen atoms in total. The first-order valence-corrected chi connectivity index (χ1v) is 7.53. The van der Waals surface area contributed by atoms with Gasteiger partial charge in [0.05, 0.1) is 13.0 Å². The van der Waals surface area contributed by atoms with Crippen molar-refractivity contribution >= 4 is 24.3 Å². The molecule has 0 atom stereocenters. The van der Waals surface area contributed by atoms with Crippen LogP contribution in [0.5, 0.6) is 0 Å². The minimum atomic E-state index is -1.02. The van der Waals surface area contributed by atoms with Crippen molar-refractivity contribution in [1.29, 1.82) is 0 Å². The van der Waals surface area contributed by atoms with Gasteiger partial charge in [-0.2, -0.15) is 0 Å². The minimum absolute atomic E-state index is 0. The fraction of sp³-hybridized carbons (Fsp3) is 0.857. The number of piperidine rings is 1. The summed E-state index contributed by atoms with van der Waals surface area (Å²) < 4.78 is 0. The zero-order valence-electron chi connectivity index (χ0n) is 12.5. The minimum Gasteiger partial charge on any atom is -0.481 e. The Bertz CT molecular complexity index is 309. The molecule has 0 aromatic heterocycles. The Morgan fingerprint density at radius 3 is 2.29 bits per heavy atom. The van der Waals surface area contributed by atoms with Crippen molar-refractivity contribution < 1.29 is 19.9 Å². The fourth-order valence-electron chi connectivity index (χ4n) is 2.43. The number of nitrogens with zero attached hydrogens (tertiary/aromatic N) is 2. The molecule has 1 rings (SSSR count). The Labute approximate surface area is 132 Å². The van der Waals surface area contributed by atoms with Crippen LogP contribution in [0.3, 0.4) is 0 Å². The summed E-state index contributed by atoms with van der Waals surface area (Å²) in [5, 5.41) is 18.3. The highest BCUT2D eigenvalue weighted by Crippen LogP contribution is 2.10. The van der Waals surface area contributed by atoms with E-state index in [0.717, 1.165) is 25.8 Å². The lowest BCUT2D eigenvalue weighted by Crippen LogP contribution is -2.30. The molecule has 1 amide bonds. The number of hydroxylamine groups is 2. The van der Waals surface area contributed by atoms with E-state index in [2.05, 4.69) is 4.90 Å². The normalized spacial score (nSPS) is 15.3. The van der Waals surface area contributed by atoms with Crippen molar-refractivity contribution in [2.45, 2.75) is 51.4 Å². The summed E-state index contributed by atoms with van der Waals surface area (Å²) in [6.45, 7) is 3.34. The van der Waals surface area contributed by atoms with E-state index >= 15 is 0 Å². The van der Waals surface area contributed by atoms with Gasteiger partial charge in [-0.15, -0.1) is 12.4 Å². The molecule has 0 aliphatic carbocycles. The molecule has 124 valence electrons. The summed E-state index contributed by atoms with van der Waals surface area (Å²) >= 11 is 0. The van der Waals surface area contributed by atoms with Crippen molar-refractivity contribution in [1.82, 2.24) is 9.96 Å². The van der Waals surface area contributed by atoms with E-state index < -0.39 is 5.97 Å². The lowest BCUT2D eigenvalue weighted by molar-refractivity contribution is -0.167. The first kappa shape index (κ1) is 20.1. The van der Waals surface area contributed by atoms with Crippen LogP contribution in [0.1, 0.15) is 51.4 Å². The lowest BCUT2D eigenvalue weighted by atomic mass is 10.1. The number of carboxylic acid groups (broad SMARTS) is 1. The van der Waals surface area contributed by atoms with Gasteiger partial charge in [-0.05, 0) is 45.3 Å². The van der Waals surface area contributed by atoms with E-state index in [1.54, 1.807) is 0 Å². The molecule has 1 fully saturated rings. The maximum absolute atomic E-state index is 11.5. The number of carbonyl (C=O) groups is 2. The molecule has 2 N–H and O–H groups in total. The third kappa shape index (κ3) is 9.66. The van der Waals surface area contributed by atoms with Crippen LogP contribution in [0.4, 0.5) is 0 Å². The second-order valence-electron chi connectivity index (χ2n) is 5.37. The predicted molar refractivity (Wildman–Crippen MR) is 81.8 cm³/mol. The van der Waals surface area contributed by atoms with Crippen LogP contribution < -0.4 is 0 Å². The molecule has 0 aromatic rings. The van der Waals surface area contributed by atoms with Crippen LogP contribution in [-0.2, 0) is 9.59 Å². The van der Waals surface area contributed by atoms with Gasteiger partial charge in [0.25, 0.3) is 0 Å². The summed E-state index contributed by atoms with van der Waals surface area (Å²) in [7, 11) is 0. The van der Waals surface area contributed by atoms with Crippen LogP contribution in [0.25, 0.3) is 0 Å². The van der Waals surface area contributed by atoms with Gasteiger partial charge >= 0.3 is 5.97 Å². The van der Waals surface area contributed by atoms with Crippen molar-refractivity contribution in [3.63, 3.8) is 0 Å². The maximum atomic E-state index is 11.5. The molecule has 0 bridgehead atoms. The number of aliphatic carboxylic acids is 1. The number of hydrogen-bond acceptors (Lipinski definition) is 4. The van der Waals surface area contributed by atoms with E-state index in [1.165, 1.54) is 32.4 Å². The molecule has 21 heavy (non-hydrogen) atoms. The fourth-order valence-corrected chi connectivity index (χ4v) is 2.43. The number of carbonyl (C=O) groups excluding carboxylic acids is 1. The van der Waals surface area contributed by atoms with Crippen LogP contribution in [-0.4, -0.2) is 58.3 Å². The molecule has 0 spiro atoms. The molecule has 1 heterocycles. The number of halogens is 1. The molecule has 0 saturated carbocycles. The van der Waals surface area contributed by atoms with Gasteiger partial charge < -0.3 is 10.0 Å². The van der Waals surface area contributed by atoms with Crippen molar-refractivity contribution in [3.8, 4) is 0 Å². The Kier molecular flexibility index (Phi) is 11.3. The second-order valence-corrected chi connectivity index (χ2v) is 5.37. The van der Waals surface area contributed by atoms with Crippen molar-refractivity contribution in [3.05, 3.63) is 0 Å². The van der Waals surface area contributed by atoms with Gasteiger partial charge in [-0.3, -0.25) is 14.8 Å². The lowest BCUT2D eigenvalue weighted by Gasteiger charge is -2.26. The summed E-state index contributed by atoms with van der Waals surface area (Å²) in [6.07, 6.45) is 6.78. The van der Waals surface area contributed by atoms with Crippen LogP contribution in [0.15, 0.2) is 0 Å². The third-order valence-corrected chi connectivity index (χ3v) is 3.64. The Balaban J connectivity index is 0.00000400. The van der Waals surface area contributed by atoms with E-state index in [1.807, 2.05) is 0 Å². The molecular formula is C14H27ClN2O4. The van der Waals surface area contributed by atoms with Gasteiger partial charge in [0, 0.05) is 6.42 Å². The molecule has 1 aliphatic rings. The standard InChI is InChI=1S/C14H26N2O4.ClH/c17-13(16(20)12-8-14(18)19)7-3-1-4-9-15-10-5-2-6-11-15;/h20H,1-12H2,(H,18,19);1H. The largest absolute Gasteiger partial charge is 0.481 e. The zero-order chi connectivity index (χ0) is 14.8. The smallest absolute Gasteiger partial charge is 0.305 e. The van der Waals surface area contributed by atoms with E-state index in [4.69, 9.17) is 5.11 Å². The van der Waals surface area contributed by atoms with Crippen molar-refractivity contribution in [2.24, 2.45) is 0 Å². The third-order valence-electron chi connectivity index (χ3n) is 3.64. The monoisotopic (exact) mass is 322 g/mol. The van der Waals surface area contributed by atoms with E-state index in [9.17, 15) is 14.8 Å². The quantitative estimate of drug-likeness (QED) is 0.386. The van der Waals surface area contributed by atoms with E-state index in [-0.39, 0.29) is 37.7 Å². The van der Waals surface area contributed by atoms with Gasteiger partial charge in [0.15, 0.2) is 0 Å². The molecule has 1 saturated heterocycles. The number of rotatable bonds is 9. The summed E-state index contributed by atoms with van der Waals surface area (Å²) in [5.74, 6) is -1.40. The second kappa shape index (κ2) is 11.8. The molecule has 0 radical (unpaired) electrons. The average molecular weight is 323 g/mol. The number of carboxylic acids is 1. The maximum Gasteiger partial charge on any atom is 0.305 e. The number of unbranched alkanes of at least 4 members (excludes halogenated alkanes) is 2. The van der Waals surface area contributed by atoms with Gasteiger partial charge in [0.1, 0.15) is 0 Å². The summed E-state index contributed by atoms with van der Waals surface area (Å²) in [4.78, 5) is 24.3. The summed E-state index contributed by atoms with van der Waals surface area (Å²) in [5.41, 5.74) is 0. The number of hydrogen-bond donors (Lipinski definition) is 2. The van der Waals surface area contributed by atoms with Crippen LogP contribution in [0.2, 0.25) is 0 Å². The summed E-state index contributed by atoms with van der Waals surface area (Å²) in [6, 6.07) is 0. The average Bonchev–Trinajstić information content (AvgIpc) is 2.45. The SMILES string of the molecule is Cl.O=C(O)CCN(O)C(=O)CCCCCN1CCCCC1. The molecule has 7 heteroatoms. The Morgan fingerprint density at radius 2 is 1.67 bits per heavy atom. The topological polar surface area (TPSA) is 81.1 Å².